The van der Waals surface area contributed by atoms with E-state index in [4.69, 9.17) is 10.5 Å². The fourth-order valence-electron chi connectivity index (χ4n) is 1.67. The highest BCUT2D eigenvalue weighted by Gasteiger charge is 2.35. The maximum Gasteiger partial charge on any atom is 0.419 e. The minimum atomic E-state index is -4.39. The number of hydrogen-bond donors (Lipinski definition) is 1. The molecule has 1 aliphatic rings. The first kappa shape index (κ1) is 16.1. The second-order valence-corrected chi connectivity index (χ2v) is 4.80. The van der Waals surface area contributed by atoms with E-state index in [1.807, 2.05) is 0 Å². The van der Waals surface area contributed by atoms with Crippen molar-refractivity contribution in [2.75, 3.05) is 6.61 Å². The van der Waals surface area contributed by atoms with E-state index in [9.17, 15) is 13.2 Å². The third-order valence-corrected chi connectivity index (χ3v) is 3.01. The molecule has 1 aliphatic carbocycles. The molecule has 1 saturated carbocycles. The summed E-state index contributed by atoms with van der Waals surface area (Å²) < 4.78 is 43.7. The Hall–Kier alpha value is -0.940. The molecule has 1 aromatic carbocycles. The van der Waals surface area contributed by atoms with Crippen molar-refractivity contribution in [3.05, 3.63) is 29.3 Å². The van der Waals surface area contributed by atoms with Gasteiger partial charge in [0.15, 0.2) is 0 Å². The maximum atomic E-state index is 12.8. The predicted octanol–water partition coefficient (Wildman–Crippen LogP) is 3.94. The SMILES string of the molecule is C[C@H](N)c1ccc(C(F)(F)F)c(OCC2CC2)c1.Cl. The minimum absolute atomic E-state index is 0. The largest absolute Gasteiger partial charge is 0.493 e. The molecule has 0 saturated heterocycles. The first-order valence-electron chi connectivity index (χ1n) is 5.97. The fraction of sp³-hybridized carbons (Fsp3) is 0.538. The molecule has 1 atom stereocenters. The number of hydrogen-bond acceptors (Lipinski definition) is 2. The third kappa shape index (κ3) is 4.28. The lowest BCUT2D eigenvalue weighted by molar-refractivity contribution is -0.139. The highest BCUT2D eigenvalue weighted by atomic mass is 35.5. The Bertz CT molecular complexity index is 430. The summed E-state index contributed by atoms with van der Waals surface area (Å²) in [5.74, 6) is 0.300. The lowest BCUT2D eigenvalue weighted by Gasteiger charge is -2.16. The van der Waals surface area contributed by atoms with Crippen LogP contribution in [0.2, 0.25) is 0 Å². The van der Waals surface area contributed by atoms with Crippen molar-refractivity contribution in [3.63, 3.8) is 0 Å². The van der Waals surface area contributed by atoms with Crippen LogP contribution < -0.4 is 10.5 Å². The summed E-state index contributed by atoms with van der Waals surface area (Å²) in [7, 11) is 0. The average molecular weight is 296 g/mol. The van der Waals surface area contributed by atoms with Crippen LogP contribution in [0.5, 0.6) is 5.75 Å². The van der Waals surface area contributed by atoms with Gasteiger partial charge < -0.3 is 10.5 Å². The van der Waals surface area contributed by atoms with E-state index in [0.717, 1.165) is 18.9 Å². The number of rotatable bonds is 4. The maximum absolute atomic E-state index is 12.8. The van der Waals surface area contributed by atoms with Gasteiger partial charge in [-0.25, -0.2) is 0 Å². The smallest absolute Gasteiger partial charge is 0.419 e. The van der Waals surface area contributed by atoms with Gasteiger partial charge in [0.2, 0.25) is 0 Å². The predicted molar refractivity (Wildman–Crippen MR) is 69.5 cm³/mol. The summed E-state index contributed by atoms with van der Waals surface area (Å²) in [6.07, 6.45) is -2.32. The standard InChI is InChI=1S/C13H16F3NO.ClH/c1-8(17)10-4-5-11(13(14,15)16)12(6-10)18-7-9-2-3-9;/h4-6,8-9H,2-3,7,17H2,1H3;1H/t8-;/m0./s1. The number of ether oxygens (including phenoxy) is 1. The minimum Gasteiger partial charge on any atom is -0.493 e. The molecule has 2 N–H and O–H groups in total. The average Bonchev–Trinajstić information content (AvgIpc) is 3.08. The second-order valence-electron chi connectivity index (χ2n) is 4.80. The molecule has 19 heavy (non-hydrogen) atoms. The van der Waals surface area contributed by atoms with Gasteiger partial charge in [-0.1, -0.05) is 6.07 Å². The molecule has 0 aromatic heterocycles. The van der Waals surface area contributed by atoms with E-state index in [1.165, 1.54) is 12.1 Å². The topological polar surface area (TPSA) is 35.2 Å². The molecule has 0 spiro atoms. The van der Waals surface area contributed by atoms with E-state index in [0.29, 0.717) is 18.1 Å². The Labute approximate surface area is 116 Å². The van der Waals surface area contributed by atoms with E-state index in [1.54, 1.807) is 6.92 Å². The molecule has 2 rings (SSSR count). The molecule has 0 amide bonds. The van der Waals surface area contributed by atoms with Crippen LogP contribution in [0.25, 0.3) is 0 Å². The Morgan fingerprint density at radius 1 is 1.37 bits per heavy atom. The number of halogens is 4. The van der Waals surface area contributed by atoms with Gasteiger partial charge in [-0.15, -0.1) is 12.4 Å². The van der Waals surface area contributed by atoms with Crippen molar-refractivity contribution in [2.45, 2.75) is 32.0 Å². The van der Waals surface area contributed by atoms with Gasteiger partial charge in [0.25, 0.3) is 0 Å². The van der Waals surface area contributed by atoms with Crippen molar-refractivity contribution in [3.8, 4) is 5.75 Å². The van der Waals surface area contributed by atoms with Gasteiger partial charge in [-0.2, -0.15) is 13.2 Å². The zero-order chi connectivity index (χ0) is 13.3. The molecule has 0 radical (unpaired) electrons. The molecule has 1 fully saturated rings. The van der Waals surface area contributed by atoms with Gasteiger partial charge in [-0.05, 0) is 43.4 Å². The van der Waals surface area contributed by atoms with Crippen molar-refractivity contribution in [1.82, 2.24) is 0 Å². The van der Waals surface area contributed by atoms with Crippen LogP contribution >= 0.6 is 12.4 Å². The first-order chi connectivity index (χ1) is 8.38. The number of alkyl halides is 3. The van der Waals surface area contributed by atoms with E-state index < -0.39 is 11.7 Å². The Balaban J connectivity index is 0.00000180. The summed E-state index contributed by atoms with van der Waals surface area (Å²) in [6, 6.07) is 3.53. The van der Waals surface area contributed by atoms with E-state index in [-0.39, 0.29) is 24.2 Å². The third-order valence-electron chi connectivity index (χ3n) is 3.01. The zero-order valence-electron chi connectivity index (χ0n) is 10.5. The van der Waals surface area contributed by atoms with Gasteiger partial charge in [0.05, 0.1) is 12.2 Å². The molecule has 0 heterocycles. The summed E-state index contributed by atoms with van der Waals surface area (Å²) in [5.41, 5.74) is 5.59. The van der Waals surface area contributed by atoms with Gasteiger partial charge in [0, 0.05) is 6.04 Å². The van der Waals surface area contributed by atoms with E-state index in [2.05, 4.69) is 0 Å². The van der Waals surface area contributed by atoms with Crippen molar-refractivity contribution in [1.29, 1.82) is 0 Å². The second kappa shape index (κ2) is 6.01. The van der Waals surface area contributed by atoms with E-state index >= 15 is 0 Å². The lowest BCUT2D eigenvalue weighted by atomic mass is 10.1. The molecule has 108 valence electrons. The highest BCUT2D eigenvalue weighted by Crippen LogP contribution is 2.38. The van der Waals surface area contributed by atoms with Crippen molar-refractivity contribution in [2.24, 2.45) is 11.7 Å². The van der Waals surface area contributed by atoms with Crippen LogP contribution in [0.15, 0.2) is 18.2 Å². The Morgan fingerprint density at radius 3 is 2.47 bits per heavy atom. The summed E-state index contributed by atoms with van der Waals surface area (Å²) in [5, 5.41) is 0. The Morgan fingerprint density at radius 2 is 2.00 bits per heavy atom. The normalized spacial score (nSPS) is 16.7. The summed E-state index contributed by atoms with van der Waals surface area (Å²) in [4.78, 5) is 0. The number of benzene rings is 1. The molecular formula is C13H17ClF3NO. The van der Waals surface area contributed by atoms with Crippen LogP contribution in [0.4, 0.5) is 13.2 Å². The number of nitrogens with two attached hydrogens (primary N) is 1. The molecule has 1 aromatic rings. The van der Waals surface area contributed by atoms with Crippen LogP contribution in [-0.2, 0) is 6.18 Å². The summed E-state index contributed by atoms with van der Waals surface area (Å²) >= 11 is 0. The van der Waals surface area contributed by atoms with Gasteiger partial charge in [-0.3, -0.25) is 0 Å². The molecule has 2 nitrogen and oxygen atoms in total. The molecular weight excluding hydrogens is 279 g/mol. The van der Waals surface area contributed by atoms with Gasteiger partial charge in [0.1, 0.15) is 5.75 Å². The molecule has 0 aliphatic heterocycles. The molecule has 0 unspecified atom stereocenters. The summed E-state index contributed by atoms with van der Waals surface area (Å²) in [6.45, 7) is 2.08. The monoisotopic (exact) mass is 295 g/mol. The quantitative estimate of drug-likeness (QED) is 0.913. The van der Waals surface area contributed by atoms with Gasteiger partial charge >= 0.3 is 6.18 Å². The van der Waals surface area contributed by atoms with Crippen LogP contribution in [0.1, 0.15) is 36.9 Å². The highest BCUT2D eigenvalue weighted by molar-refractivity contribution is 5.85. The first-order valence-corrected chi connectivity index (χ1v) is 5.97. The lowest BCUT2D eigenvalue weighted by Crippen LogP contribution is -2.12. The van der Waals surface area contributed by atoms with Crippen LogP contribution in [-0.4, -0.2) is 6.61 Å². The molecule has 6 heteroatoms. The van der Waals surface area contributed by atoms with Crippen LogP contribution in [0, 0.1) is 5.92 Å². The van der Waals surface area contributed by atoms with Crippen molar-refractivity contribution >= 4 is 12.4 Å². The van der Waals surface area contributed by atoms with Crippen LogP contribution in [0.3, 0.4) is 0 Å². The molecule has 0 bridgehead atoms. The Kier molecular flexibility index (Phi) is 5.10. The fourth-order valence-corrected chi connectivity index (χ4v) is 1.67. The zero-order valence-corrected chi connectivity index (χ0v) is 11.4. The van der Waals surface area contributed by atoms with Crippen molar-refractivity contribution < 1.29 is 17.9 Å².